The van der Waals surface area contributed by atoms with Crippen LogP contribution in [0.1, 0.15) is 11.3 Å². The Balaban J connectivity index is 1.73. The van der Waals surface area contributed by atoms with Gasteiger partial charge in [-0.2, -0.15) is 0 Å². The Bertz CT molecular complexity index is 957. The first-order valence-corrected chi connectivity index (χ1v) is 8.89. The molecule has 0 bridgehead atoms. The number of rotatable bonds is 5. The molecule has 2 heterocycles. The van der Waals surface area contributed by atoms with Crippen LogP contribution < -0.4 is 4.72 Å². The average Bonchev–Trinajstić information content (AvgIpc) is 3.05. The van der Waals surface area contributed by atoms with Crippen LogP contribution in [0.15, 0.2) is 53.8 Å². The van der Waals surface area contributed by atoms with E-state index in [1.165, 1.54) is 16.8 Å². The molecule has 9 heteroatoms. The van der Waals surface area contributed by atoms with Crippen molar-refractivity contribution in [2.75, 3.05) is 0 Å². The van der Waals surface area contributed by atoms with Crippen molar-refractivity contribution < 1.29 is 8.42 Å². The zero-order chi connectivity index (χ0) is 17.2. The molecule has 0 amide bonds. The lowest BCUT2D eigenvalue weighted by Crippen LogP contribution is -2.23. The number of aromatic nitrogens is 4. The summed E-state index contributed by atoms with van der Waals surface area (Å²) < 4.78 is 28.6. The second-order valence-electron chi connectivity index (χ2n) is 5.10. The van der Waals surface area contributed by atoms with E-state index in [4.69, 9.17) is 11.6 Å². The fraction of sp³-hybridized carbons (Fsp3) is 0.133. The number of hydrogen-bond donors (Lipinski definition) is 1. The number of aryl methyl sites for hydroxylation is 1. The smallest absolute Gasteiger partial charge is 0.240 e. The zero-order valence-electron chi connectivity index (χ0n) is 12.7. The van der Waals surface area contributed by atoms with Crippen LogP contribution in [0.2, 0.25) is 5.02 Å². The third kappa shape index (κ3) is 3.61. The number of sulfonamides is 1. The predicted octanol–water partition coefficient (Wildman–Crippen LogP) is 2.10. The largest absolute Gasteiger partial charge is 0.262 e. The zero-order valence-corrected chi connectivity index (χ0v) is 14.3. The molecule has 0 spiro atoms. The van der Waals surface area contributed by atoms with Gasteiger partial charge in [-0.25, -0.2) is 17.8 Å². The number of halogens is 1. The normalized spacial score (nSPS) is 11.6. The van der Waals surface area contributed by atoms with Gasteiger partial charge in [-0.05, 0) is 36.8 Å². The van der Waals surface area contributed by atoms with Gasteiger partial charge in [0.25, 0.3) is 0 Å². The Labute approximate surface area is 144 Å². The summed E-state index contributed by atoms with van der Waals surface area (Å²) in [6.45, 7) is 1.83. The van der Waals surface area contributed by atoms with E-state index >= 15 is 0 Å². The maximum atomic E-state index is 12.3. The lowest BCUT2D eigenvalue weighted by Gasteiger charge is -2.06. The van der Waals surface area contributed by atoms with Crippen LogP contribution in [0, 0.1) is 6.92 Å². The van der Waals surface area contributed by atoms with Crippen LogP contribution in [0.4, 0.5) is 0 Å². The summed E-state index contributed by atoms with van der Waals surface area (Å²) in [5, 5.41) is 8.31. The van der Waals surface area contributed by atoms with Gasteiger partial charge in [0, 0.05) is 11.2 Å². The van der Waals surface area contributed by atoms with Crippen molar-refractivity contribution in [3.63, 3.8) is 0 Å². The highest BCUT2D eigenvalue weighted by Gasteiger charge is 2.16. The van der Waals surface area contributed by atoms with Crippen molar-refractivity contribution in [1.29, 1.82) is 0 Å². The number of benzene rings is 1. The predicted molar refractivity (Wildman–Crippen MR) is 89.4 cm³/mol. The molecule has 1 N–H and O–H groups in total. The lowest BCUT2D eigenvalue weighted by atomic mass is 10.2. The summed E-state index contributed by atoms with van der Waals surface area (Å²) in [4.78, 5) is 4.11. The van der Waals surface area contributed by atoms with E-state index < -0.39 is 10.0 Å². The number of hydrogen-bond acceptors (Lipinski definition) is 5. The van der Waals surface area contributed by atoms with Crippen molar-refractivity contribution in [2.45, 2.75) is 18.4 Å². The number of nitrogens with one attached hydrogen (secondary N) is 1. The molecule has 0 radical (unpaired) electrons. The Kier molecular flexibility index (Phi) is 4.61. The SMILES string of the molecule is Cc1ccc(S(=O)(=O)NCc2cn(-c3cccnc3)nn2)cc1Cl. The summed E-state index contributed by atoms with van der Waals surface area (Å²) in [6, 6.07) is 8.20. The van der Waals surface area contributed by atoms with Gasteiger partial charge in [0.15, 0.2) is 0 Å². The molecule has 7 nitrogen and oxygen atoms in total. The maximum absolute atomic E-state index is 12.3. The second kappa shape index (κ2) is 6.68. The molecule has 1 aromatic carbocycles. The topological polar surface area (TPSA) is 89.8 Å². The maximum Gasteiger partial charge on any atom is 0.240 e. The first kappa shape index (κ1) is 16.6. The molecule has 24 heavy (non-hydrogen) atoms. The molecule has 124 valence electrons. The Hall–Kier alpha value is -2.29. The quantitative estimate of drug-likeness (QED) is 0.749. The highest BCUT2D eigenvalue weighted by molar-refractivity contribution is 7.89. The van der Waals surface area contributed by atoms with Gasteiger partial charge in [0.2, 0.25) is 10.0 Å². The standard InChI is InChI=1S/C15H14ClN5O2S/c1-11-4-5-14(7-15(11)16)24(22,23)18-8-12-10-21(20-19-12)13-3-2-6-17-9-13/h2-7,9-10,18H,8H2,1H3. The molecule has 3 aromatic rings. The minimum atomic E-state index is -3.68. The third-order valence-electron chi connectivity index (χ3n) is 3.35. The molecule has 3 rings (SSSR count). The van der Waals surface area contributed by atoms with E-state index in [0.717, 1.165) is 11.3 Å². The minimum Gasteiger partial charge on any atom is -0.262 e. The van der Waals surface area contributed by atoms with Crippen molar-refractivity contribution in [3.8, 4) is 5.69 Å². The minimum absolute atomic E-state index is 0.0219. The van der Waals surface area contributed by atoms with Gasteiger partial charge in [-0.15, -0.1) is 5.10 Å². The van der Waals surface area contributed by atoms with E-state index in [1.54, 1.807) is 30.7 Å². The highest BCUT2D eigenvalue weighted by atomic mass is 35.5. The summed E-state index contributed by atoms with van der Waals surface area (Å²) in [5.41, 5.74) is 2.04. The summed E-state index contributed by atoms with van der Waals surface area (Å²) in [7, 11) is -3.68. The monoisotopic (exact) mass is 363 g/mol. The molecule has 0 saturated heterocycles. The molecule has 0 aliphatic carbocycles. The van der Waals surface area contributed by atoms with Crippen molar-refractivity contribution in [1.82, 2.24) is 24.7 Å². The summed E-state index contributed by atoms with van der Waals surface area (Å²) >= 11 is 5.98. The molecule has 0 unspecified atom stereocenters. The molecular weight excluding hydrogens is 350 g/mol. The molecule has 0 atom stereocenters. The van der Waals surface area contributed by atoms with Crippen LogP contribution in [0.5, 0.6) is 0 Å². The lowest BCUT2D eigenvalue weighted by molar-refractivity contribution is 0.580. The van der Waals surface area contributed by atoms with E-state index in [9.17, 15) is 8.42 Å². The number of pyridine rings is 1. The van der Waals surface area contributed by atoms with Gasteiger partial charge in [-0.1, -0.05) is 22.9 Å². The highest BCUT2D eigenvalue weighted by Crippen LogP contribution is 2.20. The molecule has 2 aromatic heterocycles. The molecule has 0 fully saturated rings. The van der Waals surface area contributed by atoms with Crippen LogP contribution in [0.25, 0.3) is 5.69 Å². The Morgan fingerprint density at radius 2 is 2.12 bits per heavy atom. The average molecular weight is 364 g/mol. The third-order valence-corrected chi connectivity index (χ3v) is 5.15. The van der Waals surface area contributed by atoms with Gasteiger partial charge in [0.05, 0.1) is 35.2 Å². The molecule has 0 aliphatic rings. The van der Waals surface area contributed by atoms with Crippen LogP contribution in [-0.2, 0) is 16.6 Å². The van der Waals surface area contributed by atoms with Gasteiger partial charge in [0.1, 0.15) is 0 Å². The first-order chi connectivity index (χ1) is 11.5. The Morgan fingerprint density at radius 1 is 1.29 bits per heavy atom. The van der Waals surface area contributed by atoms with Crippen LogP contribution >= 0.6 is 11.6 Å². The van der Waals surface area contributed by atoms with Gasteiger partial charge >= 0.3 is 0 Å². The van der Waals surface area contributed by atoms with Crippen molar-refractivity contribution >= 4 is 21.6 Å². The fourth-order valence-corrected chi connectivity index (χ4v) is 3.26. The van der Waals surface area contributed by atoms with Crippen LogP contribution in [0.3, 0.4) is 0 Å². The molecule has 0 saturated carbocycles. The first-order valence-electron chi connectivity index (χ1n) is 7.03. The summed E-state index contributed by atoms with van der Waals surface area (Å²) in [6.07, 6.45) is 4.93. The van der Waals surface area contributed by atoms with E-state index in [0.29, 0.717) is 10.7 Å². The Morgan fingerprint density at radius 3 is 2.83 bits per heavy atom. The van der Waals surface area contributed by atoms with E-state index in [2.05, 4.69) is 20.0 Å². The molecular formula is C15H14ClN5O2S. The van der Waals surface area contributed by atoms with Crippen molar-refractivity contribution in [2.24, 2.45) is 0 Å². The van der Waals surface area contributed by atoms with Crippen LogP contribution in [-0.4, -0.2) is 28.4 Å². The van der Waals surface area contributed by atoms with E-state index in [1.807, 2.05) is 13.0 Å². The second-order valence-corrected chi connectivity index (χ2v) is 7.28. The number of nitrogens with zero attached hydrogens (tertiary/aromatic N) is 4. The molecule has 0 aliphatic heterocycles. The van der Waals surface area contributed by atoms with Crippen molar-refractivity contribution in [3.05, 3.63) is 65.2 Å². The fourth-order valence-electron chi connectivity index (χ4n) is 1.99. The van der Waals surface area contributed by atoms with E-state index in [-0.39, 0.29) is 11.4 Å². The van der Waals surface area contributed by atoms with Gasteiger partial charge in [-0.3, -0.25) is 4.98 Å². The van der Waals surface area contributed by atoms with Gasteiger partial charge < -0.3 is 0 Å². The summed E-state index contributed by atoms with van der Waals surface area (Å²) in [5.74, 6) is 0.